The van der Waals surface area contributed by atoms with E-state index in [0.29, 0.717) is 4.90 Å². The molecule has 0 saturated heterocycles. The Labute approximate surface area is 95.8 Å². The predicted molar refractivity (Wildman–Crippen MR) is 50.6 cm³/mol. The summed E-state index contributed by atoms with van der Waals surface area (Å²) in [7, 11) is 0.986. The summed E-state index contributed by atoms with van der Waals surface area (Å²) in [6.07, 6.45) is -2.41. The third kappa shape index (κ3) is 3.07. The lowest BCUT2D eigenvalue weighted by Gasteiger charge is -2.26. The van der Waals surface area contributed by atoms with Crippen molar-refractivity contribution in [2.75, 3.05) is 13.6 Å². The maximum absolute atomic E-state index is 12.7. The van der Waals surface area contributed by atoms with Crippen molar-refractivity contribution < 1.29 is 26.7 Å². The van der Waals surface area contributed by atoms with Crippen molar-refractivity contribution in [3.05, 3.63) is 0 Å². The molecule has 1 aliphatic rings. The highest BCUT2D eigenvalue weighted by atomic mass is 19.4. The molecule has 0 aromatic rings. The van der Waals surface area contributed by atoms with Gasteiger partial charge in [-0.25, -0.2) is 0 Å². The van der Waals surface area contributed by atoms with Crippen LogP contribution in [0.4, 0.5) is 22.0 Å². The fourth-order valence-electron chi connectivity index (χ4n) is 2.02. The molecule has 1 aliphatic carbocycles. The number of rotatable bonds is 3. The van der Waals surface area contributed by atoms with E-state index in [1.54, 1.807) is 0 Å². The summed E-state index contributed by atoms with van der Waals surface area (Å²) < 4.78 is 61.3. The fraction of sp³-hybridized carbons (Fsp3) is 0.900. The van der Waals surface area contributed by atoms with E-state index in [9.17, 15) is 26.7 Å². The molecule has 1 rings (SSSR count). The fourth-order valence-corrected chi connectivity index (χ4v) is 2.02. The first-order valence-electron chi connectivity index (χ1n) is 5.36. The summed E-state index contributed by atoms with van der Waals surface area (Å²) in [5.74, 6) is -7.43. The second-order valence-electron chi connectivity index (χ2n) is 4.41. The number of halogens is 5. The van der Waals surface area contributed by atoms with E-state index < -0.39 is 18.0 Å². The van der Waals surface area contributed by atoms with E-state index in [0.717, 1.165) is 32.7 Å². The van der Waals surface area contributed by atoms with Crippen LogP contribution in [-0.4, -0.2) is 36.5 Å². The van der Waals surface area contributed by atoms with E-state index in [1.165, 1.54) is 0 Å². The molecule has 2 nitrogen and oxygen atoms in total. The average Bonchev–Trinajstić information content (AvgIpc) is 2.67. The second-order valence-corrected chi connectivity index (χ2v) is 4.41. The Balaban J connectivity index is 2.62. The van der Waals surface area contributed by atoms with Crippen LogP contribution in [0.25, 0.3) is 0 Å². The van der Waals surface area contributed by atoms with Gasteiger partial charge in [-0.05, 0) is 18.8 Å². The second kappa shape index (κ2) is 4.78. The van der Waals surface area contributed by atoms with Crippen LogP contribution in [0.5, 0.6) is 0 Å². The Hall–Kier alpha value is -0.880. The molecule has 0 aromatic heterocycles. The minimum atomic E-state index is -5.83. The van der Waals surface area contributed by atoms with Gasteiger partial charge in [0.05, 0.1) is 0 Å². The van der Waals surface area contributed by atoms with Crippen LogP contribution in [0.2, 0.25) is 0 Å². The quantitative estimate of drug-likeness (QED) is 0.714. The van der Waals surface area contributed by atoms with Crippen molar-refractivity contribution in [3.63, 3.8) is 0 Å². The molecule has 0 N–H and O–H groups in total. The number of hydrogen-bond donors (Lipinski definition) is 0. The van der Waals surface area contributed by atoms with Gasteiger partial charge >= 0.3 is 18.0 Å². The lowest BCUT2D eigenvalue weighted by molar-refractivity contribution is -0.274. The largest absolute Gasteiger partial charge is 0.463 e. The van der Waals surface area contributed by atoms with Gasteiger partial charge < -0.3 is 4.90 Å². The Morgan fingerprint density at radius 3 is 2.06 bits per heavy atom. The van der Waals surface area contributed by atoms with E-state index in [4.69, 9.17) is 0 Å². The van der Waals surface area contributed by atoms with Gasteiger partial charge in [-0.2, -0.15) is 22.0 Å². The lowest BCUT2D eigenvalue weighted by atomic mass is 10.1. The first kappa shape index (κ1) is 14.2. The number of nitrogens with zero attached hydrogens (tertiary/aromatic N) is 1. The van der Waals surface area contributed by atoms with Gasteiger partial charge in [0.25, 0.3) is 0 Å². The van der Waals surface area contributed by atoms with Crippen LogP contribution < -0.4 is 0 Å². The Kier molecular flexibility index (Phi) is 3.99. The van der Waals surface area contributed by atoms with Crippen LogP contribution in [0, 0.1) is 5.92 Å². The number of alkyl halides is 5. The van der Waals surface area contributed by atoms with E-state index in [1.807, 2.05) is 0 Å². The number of carbonyl (C=O) groups excluding carboxylic acids is 1. The summed E-state index contributed by atoms with van der Waals surface area (Å²) in [5, 5.41) is 0. The molecule has 1 fully saturated rings. The van der Waals surface area contributed by atoms with E-state index in [2.05, 4.69) is 0 Å². The highest BCUT2D eigenvalue weighted by molar-refractivity contribution is 5.84. The normalized spacial score (nSPS) is 18.5. The zero-order chi connectivity index (χ0) is 13.3. The number of hydrogen-bond acceptors (Lipinski definition) is 1. The molecule has 0 aromatic carbocycles. The molecule has 1 amide bonds. The van der Waals surface area contributed by atoms with Crippen molar-refractivity contribution in [1.29, 1.82) is 0 Å². The molecule has 17 heavy (non-hydrogen) atoms. The first-order chi connectivity index (χ1) is 7.66. The number of amides is 1. The van der Waals surface area contributed by atoms with E-state index >= 15 is 0 Å². The molecule has 0 spiro atoms. The minimum absolute atomic E-state index is 0.0352. The molecule has 0 radical (unpaired) electrons. The van der Waals surface area contributed by atoms with Gasteiger partial charge in [0.2, 0.25) is 0 Å². The number of carbonyl (C=O) groups is 1. The molecule has 0 atom stereocenters. The van der Waals surface area contributed by atoms with Crippen molar-refractivity contribution in [3.8, 4) is 0 Å². The summed E-state index contributed by atoms with van der Waals surface area (Å²) in [4.78, 5) is 11.5. The van der Waals surface area contributed by atoms with Crippen molar-refractivity contribution in [2.24, 2.45) is 5.92 Å². The molecule has 0 unspecified atom stereocenters. The predicted octanol–water partition coefficient (Wildman–Crippen LogP) is 2.83. The van der Waals surface area contributed by atoms with Crippen LogP contribution >= 0.6 is 0 Å². The third-order valence-corrected chi connectivity index (χ3v) is 2.98. The van der Waals surface area contributed by atoms with Crippen molar-refractivity contribution in [1.82, 2.24) is 4.90 Å². The van der Waals surface area contributed by atoms with Gasteiger partial charge in [-0.15, -0.1) is 0 Å². The maximum atomic E-state index is 12.7. The summed E-state index contributed by atoms with van der Waals surface area (Å²) in [6, 6.07) is 0. The molecule has 0 bridgehead atoms. The Morgan fingerprint density at radius 1 is 1.18 bits per heavy atom. The van der Waals surface area contributed by atoms with Gasteiger partial charge in [0.1, 0.15) is 0 Å². The summed E-state index contributed by atoms with van der Waals surface area (Å²) in [5.41, 5.74) is 0. The topological polar surface area (TPSA) is 20.3 Å². The molecule has 7 heteroatoms. The van der Waals surface area contributed by atoms with Gasteiger partial charge in [0, 0.05) is 13.6 Å². The maximum Gasteiger partial charge on any atom is 0.463 e. The average molecular weight is 259 g/mol. The van der Waals surface area contributed by atoms with Gasteiger partial charge in [-0.1, -0.05) is 12.8 Å². The van der Waals surface area contributed by atoms with E-state index in [-0.39, 0.29) is 12.5 Å². The standard InChI is InChI=1S/C10H14F5NO/c1-16(6-7-4-2-3-5-7)8(17)9(11,12)10(13,14)15/h7H,2-6H2,1H3. The Morgan fingerprint density at radius 2 is 1.65 bits per heavy atom. The molecule has 1 saturated carbocycles. The van der Waals surface area contributed by atoms with Crippen LogP contribution in [0.1, 0.15) is 25.7 Å². The SMILES string of the molecule is CN(CC1CCCC1)C(=O)C(F)(F)C(F)(F)F. The van der Waals surface area contributed by atoms with Crippen molar-refractivity contribution >= 4 is 5.91 Å². The van der Waals surface area contributed by atoms with Crippen LogP contribution in [0.15, 0.2) is 0 Å². The zero-order valence-corrected chi connectivity index (χ0v) is 9.36. The summed E-state index contributed by atoms with van der Waals surface area (Å²) >= 11 is 0. The molecular formula is C10H14F5NO. The summed E-state index contributed by atoms with van der Waals surface area (Å²) in [6.45, 7) is -0.0372. The molecule has 0 aliphatic heterocycles. The highest BCUT2D eigenvalue weighted by Gasteiger charge is 2.64. The highest BCUT2D eigenvalue weighted by Crippen LogP contribution is 2.37. The lowest BCUT2D eigenvalue weighted by Crippen LogP contribution is -2.51. The van der Waals surface area contributed by atoms with Crippen LogP contribution in [0.3, 0.4) is 0 Å². The minimum Gasteiger partial charge on any atom is -0.340 e. The van der Waals surface area contributed by atoms with Crippen molar-refractivity contribution in [2.45, 2.75) is 37.8 Å². The molecule has 100 valence electrons. The van der Waals surface area contributed by atoms with Gasteiger partial charge in [0.15, 0.2) is 0 Å². The first-order valence-corrected chi connectivity index (χ1v) is 5.36. The Bertz CT molecular complexity index is 283. The van der Waals surface area contributed by atoms with Gasteiger partial charge in [-0.3, -0.25) is 4.79 Å². The smallest absolute Gasteiger partial charge is 0.340 e. The van der Waals surface area contributed by atoms with Crippen LogP contribution in [-0.2, 0) is 4.79 Å². The third-order valence-electron chi connectivity index (χ3n) is 2.98. The molecule has 0 heterocycles. The molecular weight excluding hydrogens is 245 g/mol. The zero-order valence-electron chi connectivity index (χ0n) is 9.36. The monoisotopic (exact) mass is 259 g/mol.